The second-order valence-corrected chi connectivity index (χ2v) is 5.88. The minimum Gasteiger partial charge on any atom is -0.384 e. The number of rotatable bonds is 0. The summed E-state index contributed by atoms with van der Waals surface area (Å²) in [5, 5.41) is 1.98. The van der Waals surface area contributed by atoms with Crippen LogP contribution in [0.2, 0.25) is 0 Å². The third kappa shape index (κ3) is 4.87. The van der Waals surface area contributed by atoms with Gasteiger partial charge in [-0.3, -0.25) is 0 Å². The predicted molar refractivity (Wildman–Crippen MR) is 61.2 cm³/mol. The van der Waals surface area contributed by atoms with Crippen molar-refractivity contribution in [2.45, 2.75) is 6.92 Å². The molecule has 8 heteroatoms. The first kappa shape index (κ1) is 13.5. The second kappa shape index (κ2) is 4.76. The Balaban J connectivity index is 0.000000171. The Hall–Kier alpha value is -1.54. The van der Waals surface area contributed by atoms with Crippen LogP contribution in [0.25, 0.3) is 0 Å². The molecule has 0 aromatic carbocycles. The molecule has 0 amide bonds. The largest absolute Gasteiger partial charge is 0.384 e. The van der Waals surface area contributed by atoms with Gasteiger partial charge in [-0.25, -0.2) is 0 Å². The van der Waals surface area contributed by atoms with E-state index < -0.39 is 20.2 Å². The lowest BCUT2D eigenvalue weighted by atomic mass is 10.5. The van der Waals surface area contributed by atoms with Crippen molar-refractivity contribution in [3.63, 3.8) is 0 Å². The molecule has 2 aliphatic heterocycles. The molecule has 2 rings (SSSR count). The summed E-state index contributed by atoms with van der Waals surface area (Å²) in [7, 11) is -6.76. The molecule has 0 bridgehead atoms. The molecular formula is C9H10O6S2. The molecule has 0 unspecified atom stereocenters. The van der Waals surface area contributed by atoms with Gasteiger partial charge in [0.2, 0.25) is 0 Å². The summed E-state index contributed by atoms with van der Waals surface area (Å²) >= 11 is 0. The van der Waals surface area contributed by atoms with Crippen LogP contribution in [0.4, 0.5) is 0 Å². The summed E-state index contributed by atoms with van der Waals surface area (Å²) in [5.74, 6) is 0.572. The first-order chi connectivity index (χ1) is 7.70. The van der Waals surface area contributed by atoms with Crippen molar-refractivity contribution < 1.29 is 25.2 Å². The van der Waals surface area contributed by atoms with Gasteiger partial charge in [-0.1, -0.05) is 6.58 Å². The molecule has 0 saturated carbocycles. The smallest absolute Gasteiger partial charge is 0.332 e. The van der Waals surface area contributed by atoms with Crippen LogP contribution in [0.5, 0.6) is 0 Å². The summed E-state index contributed by atoms with van der Waals surface area (Å²) < 4.78 is 50.2. The highest BCUT2D eigenvalue weighted by Gasteiger charge is 2.13. The zero-order chi connectivity index (χ0) is 13.1. The minimum absolute atomic E-state index is 0.171. The molecule has 2 heterocycles. The predicted octanol–water partition coefficient (Wildman–Crippen LogP) is 1.14. The summed E-state index contributed by atoms with van der Waals surface area (Å²) in [6, 6.07) is 0. The first-order valence-electron chi connectivity index (χ1n) is 4.31. The monoisotopic (exact) mass is 278 g/mol. The summed E-state index contributed by atoms with van der Waals surface area (Å²) in [5.41, 5.74) is 0. The quantitative estimate of drug-likeness (QED) is 0.617. The molecule has 94 valence electrons. The number of hydrogen-bond donors (Lipinski definition) is 0. The zero-order valence-corrected chi connectivity index (χ0v) is 10.5. The Kier molecular flexibility index (Phi) is 3.79. The molecule has 0 spiro atoms. The molecule has 0 N–H and O–H groups in total. The molecule has 0 aliphatic carbocycles. The average Bonchev–Trinajstić information content (AvgIpc) is 2.42. The van der Waals surface area contributed by atoms with Gasteiger partial charge in [0.15, 0.2) is 0 Å². The van der Waals surface area contributed by atoms with Crippen LogP contribution < -0.4 is 0 Å². The number of allylic oxidation sites excluding steroid dienone is 4. The van der Waals surface area contributed by atoms with E-state index >= 15 is 0 Å². The third-order valence-electron chi connectivity index (χ3n) is 1.47. The van der Waals surface area contributed by atoms with Gasteiger partial charge < -0.3 is 8.37 Å². The van der Waals surface area contributed by atoms with Crippen LogP contribution in [-0.4, -0.2) is 16.8 Å². The van der Waals surface area contributed by atoms with E-state index in [1.54, 1.807) is 13.0 Å². The van der Waals surface area contributed by atoms with Gasteiger partial charge in [0, 0.05) is 0 Å². The fourth-order valence-corrected chi connectivity index (χ4v) is 2.35. The Morgan fingerprint density at radius 3 is 1.88 bits per heavy atom. The van der Waals surface area contributed by atoms with Gasteiger partial charge in [-0.05, 0) is 25.2 Å². The van der Waals surface area contributed by atoms with Gasteiger partial charge in [-0.2, -0.15) is 16.8 Å². The molecule has 17 heavy (non-hydrogen) atoms. The fourth-order valence-electron chi connectivity index (χ4n) is 0.874. The van der Waals surface area contributed by atoms with Crippen LogP contribution in [0, 0.1) is 0 Å². The van der Waals surface area contributed by atoms with Crippen LogP contribution in [-0.2, 0) is 28.6 Å². The maximum absolute atomic E-state index is 10.5. The van der Waals surface area contributed by atoms with E-state index in [1.165, 1.54) is 12.2 Å². The molecule has 6 nitrogen and oxygen atoms in total. The Labute approximate surface area is 99.8 Å². The molecule has 0 aromatic rings. The van der Waals surface area contributed by atoms with E-state index in [9.17, 15) is 16.8 Å². The van der Waals surface area contributed by atoms with Crippen molar-refractivity contribution in [1.29, 1.82) is 0 Å². The lowest BCUT2D eigenvalue weighted by Gasteiger charge is -2.04. The van der Waals surface area contributed by atoms with Crippen LogP contribution in [0.1, 0.15) is 6.92 Å². The highest BCUT2D eigenvalue weighted by atomic mass is 32.2. The molecule has 0 fully saturated rings. The van der Waals surface area contributed by atoms with Gasteiger partial charge >= 0.3 is 20.2 Å². The summed E-state index contributed by atoms with van der Waals surface area (Å²) in [4.78, 5) is 0. The van der Waals surface area contributed by atoms with E-state index in [2.05, 4.69) is 14.9 Å². The Bertz CT molecular complexity index is 604. The molecule has 2 aliphatic rings. The standard InChI is InChI=1S/C5H6O3S.C4H4O3S/c1-5-3-2-4-9(6,7)8-5;1-4-2-3-8(5,6)7-4/h2-4H,1H3;2-3H,1H2. The maximum atomic E-state index is 10.5. The van der Waals surface area contributed by atoms with E-state index in [0.29, 0.717) is 5.76 Å². The van der Waals surface area contributed by atoms with E-state index in [4.69, 9.17) is 0 Å². The third-order valence-corrected chi connectivity index (χ3v) is 3.37. The topological polar surface area (TPSA) is 86.7 Å². The Morgan fingerprint density at radius 2 is 1.65 bits per heavy atom. The number of hydrogen-bond acceptors (Lipinski definition) is 6. The molecular weight excluding hydrogens is 268 g/mol. The Morgan fingerprint density at radius 1 is 1.06 bits per heavy atom. The molecule has 0 atom stereocenters. The molecule has 0 saturated heterocycles. The van der Waals surface area contributed by atoms with Crippen molar-refractivity contribution in [2.24, 2.45) is 0 Å². The SMILES string of the molecule is C=C1C=CS(=O)(=O)O1.CC1=CC=CS(=O)(=O)O1. The van der Waals surface area contributed by atoms with Crippen molar-refractivity contribution in [1.82, 2.24) is 0 Å². The van der Waals surface area contributed by atoms with Gasteiger partial charge in [-0.15, -0.1) is 0 Å². The van der Waals surface area contributed by atoms with E-state index in [-0.39, 0.29) is 5.76 Å². The van der Waals surface area contributed by atoms with Crippen LogP contribution >= 0.6 is 0 Å². The summed E-state index contributed by atoms with van der Waals surface area (Å²) in [6.45, 7) is 4.85. The normalized spacial score (nSPS) is 22.9. The lowest BCUT2D eigenvalue weighted by molar-refractivity contribution is 0.414. The lowest BCUT2D eigenvalue weighted by Crippen LogP contribution is -2.02. The zero-order valence-electron chi connectivity index (χ0n) is 8.86. The van der Waals surface area contributed by atoms with Gasteiger partial charge in [0.05, 0.1) is 10.8 Å². The van der Waals surface area contributed by atoms with Crippen LogP contribution in [0.15, 0.2) is 47.1 Å². The molecule has 0 radical (unpaired) electrons. The van der Waals surface area contributed by atoms with Crippen molar-refractivity contribution in [3.05, 3.63) is 47.1 Å². The van der Waals surface area contributed by atoms with Crippen LogP contribution in [0.3, 0.4) is 0 Å². The van der Waals surface area contributed by atoms with E-state index in [0.717, 1.165) is 10.8 Å². The van der Waals surface area contributed by atoms with E-state index in [1.807, 2.05) is 0 Å². The highest BCUT2D eigenvalue weighted by Crippen LogP contribution is 2.12. The minimum atomic E-state index is -3.38. The first-order valence-corrected chi connectivity index (χ1v) is 7.25. The van der Waals surface area contributed by atoms with Gasteiger partial charge in [0.1, 0.15) is 11.5 Å². The van der Waals surface area contributed by atoms with Crippen molar-refractivity contribution >= 4 is 20.2 Å². The summed E-state index contributed by atoms with van der Waals surface area (Å²) in [6.07, 6.45) is 4.32. The van der Waals surface area contributed by atoms with Crippen molar-refractivity contribution in [2.75, 3.05) is 0 Å². The maximum Gasteiger partial charge on any atom is 0.332 e. The second-order valence-electron chi connectivity index (χ2n) is 3.03. The van der Waals surface area contributed by atoms with Gasteiger partial charge in [0.25, 0.3) is 0 Å². The average molecular weight is 278 g/mol. The highest BCUT2D eigenvalue weighted by molar-refractivity contribution is 7.90. The van der Waals surface area contributed by atoms with Crippen molar-refractivity contribution in [3.8, 4) is 0 Å². The fraction of sp³-hybridized carbons (Fsp3) is 0.111. The molecule has 0 aromatic heterocycles.